The molecule has 0 saturated heterocycles. The van der Waals surface area contributed by atoms with E-state index in [0.717, 1.165) is 5.56 Å². The molecule has 2 rings (SSSR count). The summed E-state index contributed by atoms with van der Waals surface area (Å²) >= 11 is 0. The largest absolute Gasteiger partial charge is 0.497 e. The van der Waals surface area contributed by atoms with Crippen molar-refractivity contribution in [1.82, 2.24) is 10.6 Å². The van der Waals surface area contributed by atoms with Crippen LogP contribution in [-0.2, 0) is 11.3 Å². The van der Waals surface area contributed by atoms with Crippen LogP contribution in [0.5, 0.6) is 11.5 Å². The molecule has 160 valence electrons. The number of rotatable bonds is 8. The van der Waals surface area contributed by atoms with Crippen molar-refractivity contribution >= 4 is 41.5 Å². The number of carbonyl (C=O) groups excluding carboxylic acids is 1. The minimum atomic E-state index is -0.202. The Hall–Kier alpha value is -2.93. The van der Waals surface area contributed by atoms with E-state index in [1.165, 1.54) is 0 Å². The maximum Gasteiger partial charge on any atom is 0.243 e. The first-order valence-electron chi connectivity index (χ1n) is 9.19. The number of aliphatic imine (C=N–C) groups is 1. The predicted octanol–water partition coefficient (Wildman–Crippen LogP) is 3.00. The van der Waals surface area contributed by atoms with Crippen molar-refractivity contribution in [2.24, 2.45) is 4.99 Å². The number of nitrogens with zero attached hydrogens (tertiary/aromatic N) is 1. The third-order valence-corrected chi connectivity index (χ3v) is 3.98. The van der Waals surface area contributed by atoms with Crippen LogP contribution in [-0.4, -0.2) is 39.2 Å². The third-order valence-electron chi connectivity index (χ3n) is 3.98. The van der Waals surface area contributed by atoms with E-state index in [2.05, 4.69) is 26.9 Å². The molecule has 0 aliphatic carbocycles. The maximum absolute atomic E-state index is 12.2. The van der Waals surface area contributed by atoms with E-state index in [-0.39, 0.29) is 36.4 Å². The number of carbonyl (C=O) groups is 1. The van der Waals surface area contributed by atoms with Crippen LogP contribution in [0.15, 0.2) is 47.5 Å². The molecule has 0 fully saturated rings. The topological polar surface area (TPSA) is 84.0 Å². The van der Waals surface area contributed by atoms with Gasteiger partial charge in [0.05, 0.1) is 27.3 Å². The predicted molar refractivity (Wildman–Crippen MR) is 131 cm³/mol. The van der Waals surface area contributed by atoms with E-state index < -0.39 is 0 Å². The van der Waals surface area contributed by atoms with Gasteiger partial charge >= 0.3 is 0 Å². The first-order valence-corrected chi connectivity index (χ1v) is 9.19. The Morgan fingerprint density at radius 3 is 2.60 bits per heavy atom. The van der Waals surface area contributed by atoms with E-state index in [1.54, 1.807) is 38.5 Å². The molecule has 0 unspecified atom stereocenters. The Bertz CT molecular complexity index is 909. The van der Waals surface area contributed by atoms with Crippen LogP contribution >= 0.6 is 24.0 Å². The van der Waals surface area contributed by atoms with Gasteiger partial charge in [-0.15, -0.1) is 30.4 Å². The minimum Gasteiger partial charge on any atom is -0.497 e. The van der Waals surface area contributed by atoms with Crippen molar-refractivity contribution in [3.05, 3.63) is 53.6 Å². The third kappa shape index (κ3) is 7.83. The Morgan fingerprint density at radius 1 is 1.13 bits per heavy atom. The second-order valence-corrected chi connectivity index (χ2v) is 6.00. The highest BCUT2D eigenvalue weighted by molar-refractivity contribution is 14.0. The number of nitrogens with one attached hydrogen (secondary N) is 3. The normalized spacial score (nSPS) is 10.3. The van der Waals surface area contributed by atoms with Gasteiger partial charge < -0.3 is 25.4 Å². The Labute approximate surface area is 194 Å². The summed E-state index contributed by atoms with van der Waals surface area (Å²) in [5, 5.41) is 8.94. The fourth-order valence-electron chi connectivity index (χ4n) is 2.54. The molecule has 0 atom stereocenters. The number of guanidine groups is 1. The molecule has 0 bridgehead atoms. The summed E-state index contributed by atoms with van der Waals surface area (Å²) in [5.74, 6) is 4.27. The molecule has 1 amide bonds. The monoisotopic (exact) mass is 522 g/mol. The van der Waals surface area contributed by atoms with E-state index in [4.69, 9.17) is 15.9 Å². The van der Waals surface area contributed by atoms with Crippen molar-refractivity contribution in [2.45, 2.75) is 13.5 Å². The number of ether oxygens (including phenoxy) is 2. The smallest absolute Gasteiger partial charge is 0.243 e. The minimum absolute atomic E-state index is 0. The van der Waals surface area contributed by atoms with Gasteiger partial charge in [0, 0.05) is 29.4 Å². The highest BCUT2D eigenvalue weighted by atomic mass is 127. The van der Waals surface area contributed by atoms with Crippen LogP contribution in [0.3, 0.4) is 0 Å². The van der Waals surface area contributed by atoms with Gasteiger partial charge in [0.25, 0.3) is 0 Å². The standard InChI is InChI=1S/C22H26N4O3.HI/c1-5-16-8-7-9-18(12-16)26-21(27)15-25-22(23-6-2)24-14-17-10-11-19(28-3)13-20(17)29-4;/h1,7-13H,6,14-15H2,2-4H3,(H,26,27)(H2,23,24,25);1H. The van der Waals surface area contributed by atoms with Gasteiger partial charge in [-0.1, -0.05) is 12.0 Å². The zero-order valence-corrected chi connectivity index (χ0v) is 19.7. The molecule has 0 aromatic heterocycles. The molecule has 2 aromatic carbocycles. The first kappa shape index (κ1) is 25.1. The molecule has 0 spiro atoms. The van der Waals surface area contributed by atoms with E-state index >= 15 is 0 Å². The lowest BCUT2D eigenvalue weighted by Crippen LogP contribution is -2.41. The fraction of sp³-hybridized carbons (Fsp3) is 0.273. The summed E-state index contributed by atoms with van der Waals surface area (Å²) in [4.78, 5) is 16.7. The SMILES string of the molecule is C#Cc1cccc(NC(=O)CNC(=NCc2ccc(OC)cc2OC)NCC)c1.I. The molecule has 0 heterocycles. The van der Waals surface area contributed by atoms with Crippen molar-refractivity contribution in [1.29, 1.82) is 0 Å². The van der Waals surface area contributed by atoms with Gasteiger partial charge in [0.15, 0.2) is 5.96 Å². The van der Waals surface area contributed by atoms with Crippen molar-refractivity contribution in [2.75, 3.05) is 32.6 Å². The molecular formula is C22H27IN4O3. The number of terminal acetylenes is 1. The van der Waals surface area contributed by atoms with Crippen molar-refractivity contribution in [3.63, 3.8) is 0 Å². The van der Waals surface area contributed by atoms with Crippen LogP contribution in [0.4, 0.5) is 5.69 Å². The molecule has 0 radical (unpaired) electrons. The Balaban J connectivity index is 0.00000450. The molecule has 0 saturated carbocycles. The van der Waals surface area contributed by atoms with Crippen LogP contribution in [0.2, 0.25) is 0 Å². The molecule has 0 aliphatic rings. The van der Waals surface area contributed by atoms with Crippen molar-refractivity contribution < 1.29 is 14.3 Å². The Morgan fingerprint density at radius 2 is 1.93 bits per heavy atom. The number of benzene rings is 2. The van der Waals surface area contributed by atoms with Crippen LogP contribution in [0.25, 0.3) is 0 Å². The lowest BCUT2D eigenvalue weighted by atomic mass is 10.2. The van der Waals surface area contributed by atoms with Gasteiger partial charge in [-0.25, -0.2) is 4.99 Å². The first-order chi connectivity index (χ1) is 14.1. The fourth-order valence-corrected chi connectivity index (χ4v) is 2.54. The zero-order valence-electron chi connectivity index (χ0n) is 17.3. The van der Waals surface area contributed by atoms with Crippen LogP contribution in [0, 0.1) is 12.3 Å². The summed E-state index contributed by atoms with van der Waals surface area (Å²) < 4.78 is 10.6. The van der Waals surface area contributed by atoms with Crippen molar-refractivity contribution in [3.8, 4) is 23.8 Å². The van der Waals surface area contributed by atoms with E-state index in [1.807, 2.05) is 25.1 Å². The van der Waals surface area contributed by atoms with Gasteiger partial charge in [-0.05, 0) is 37.3 Å². The number of methoxy groups -OCH3 is 2. The zero-order chi connectivity index (χ0) is 21.1. The number of anilines is 1. The summed E-state index contributed by atoms with van der Waals surface area (Å²) in [6.45, 7) is 3.06. The number of hydrogen-bond donors (Lipinski definition) is 3. The van der Waals surface area contributed by atoms with E-state index in [0.29, 0.717) is 41.8 Å². The summed E-state index contributed by atoms with van der Waals surface area (Å²) in [5.41, 5.74) is 2.26. The Kier molecular flexibility index (Phi) is 11.1. The highest BCUT2D eigenvalue weighted by Gasteiger charge is 2.07. The van der Waals surface area contributed by atoms with Crippen LogP contribution in [0.1, 0.15) is 18.1 Å². The molecule has 0 aliphatic heterocycles. The quantitative estimate of drug-likeness (QED) is 0.215. The average molecular weight is 522 g/mol. The number of hydrogen-bond acceptors (Lipinski definition) is 4. The molecule has 7 nitrogen and oxygen atoms in total. The number of amides is 1. The second-order valence-electron chi connectivity index (χ2n) is 6.00. The van der Waals surface area contributed by atoms with Gasteiger partial charge in [0.2, 0.25) is 5.91 Å². The number of halogens is 1. The maximum atomic E-state index is 12.2. The van der Waals surface area contributed by atoms with Gasteiger partial charge in [-0.2, -0.15) is 0 Å². The van der Waals surface area contributed by atoms with Gasteiger partial charge in [0.1, 0.15) is 11.5 Å². The van der Waals surface area contributed by atoms with Gasteiger partial charge in [-0.3, -0.25) is 4.79 Å². The highest BCUT2D eigenvalue weighted by Crippen LogP contribution is 2.25. The average Bonchev–Trinajstić information content (AvgIpc) is 2.75. The van der Waals surface area contributed by atoms with Crippen LogP contribution < -0.4 is 25.4 Å². The molecule has 8 heteroatoms. The van der Waals surface area contributed by atoms with E-state index in [9.17, 15) is 4.79 Å². The lowest BCUT2D eigenvalue weighted by Gasteiger charge is -2.13. The summed E-state index contributed by atoms with van der Waals surface area (Å²) in [6.07, 6.45) is 5.38. The summed E-state index contributed by atoms with van der Waals surface area (Å²) in [6, 6.07) is 12.7. The molecule has 30 heavy (non-hydrogen) atoms. The lowest BCUT2D eigenvalue weighted by molar-refractivity contribution is -0.115. The molecule has 2 aromatic rings. The molecule has 3 N–H and O–H groups in total. The summed E-state index contributed by atoms with van der Waals surface area (Å²) in [7, 11) is 3.21. The second kappa shape index (κ2) is 13.3. The molecular weight excluding hydrogens is 495 g/mol.